The number of morpholine rings is 1. The van der Waals surface area contributed by atoms with E-state index in [1.165, 1.54) is 0 Å². The van der Waals surface area contributed by atoms with Gasteiger partial charge in [0.25, 0.3) is 0 Å². The minimum absolute atomic E-state index is 0.470. The van der Waals surface area contributed by atoms with E-state index in [0.717, 1.165) is 51.9 Å². The van der Waals surface area contributed by atoms with Crippen LogP contribution in [0.4, 0.5) is 0 Å². The van der Waals surface area contributed by atoms with Crippen LogP contribution in [0.5, 0.6) is 0 Å². The second-order valence-corrected chi connectivity index (χ2v) is 5.35. The van der Waals surface area contributed by atoms with Crippen LogP contribution in [0.25, 0.3) is 0 Å². The molecule has 0 aromatic rings. The van der Waals surface area contributed by atoms with Crippen LogP contribution in [0.2, 0.25) is 0 Å². The lowest BCUT2D eigenvalue weighted by atomic mass is 10.0. The van der Waals surface area contributed by atoms with Crippen molar-refractivity contribution in [3.05, 3.63) is 12.7 Å². The molecule has 1 saturated heterocycles. The van der Waals surface area contributed by atoms with Gasteiger partial charge in [0.1, 0.15) is 0 Å². The first-order valence-corrected chi connectivity index (χ1v) is 7.63. The van der Waals surface area contributed by atoms with Gasteiger partial charge in [-0.1, -0.05) is 19.9 Å². The van der Waals surface area contributed by atoms with Crippen LogP contribution in [0.15, 0.2) is 17.6 Å². The van der Waals surface area contributed by atoms with E-state index in [1.54, 1.807) is 0 Å². The summed E-state index contributed by atoms with van der Waals surface area (Å²) >= 11 is 0. The normalized spacial score (nSPS) is 18.9. The summed E-state index contributed by atoms with van der Waals surface area (Å²) in [4.78, 5) is 7.21. The largest absolute Gasteiger partial charge is 0.379 e. The number of aliphatic imine (C=N–C) groups is 1. The minimum atomic E-state index is 0.470. The number of rotatable bonds is 7. The Hall–Kier alpha value is -1.07. The van der Waals surface area contributed by atoms with Crippen molar-refractivity contribution in [1.82, 2.24) is 15.5 Å². The third-order valence-corrected chi connectivity index (χ3v) is 3.48. The summed E-state index contributed by atoms with van der Waals surface area (Å²) in [5.41, 5.74) is 0. The van der Waals surface area contributed by atoms with Gasteiger partial charge in [0, 0.05) is 32.2 Å². The number of nitrogens with one attached hydrogen (secondary N) is 2. The molecule has 20 heavy (non-hydrogen) atoms. The van der Waals surface area contributed by atoms with E-state index in [2.05, 4.69) is 42.9 Å². The van der Waals surface area contributed by atoms with Gasteiger partial charge >= 0.3 is 0 Å². The fraction of sp³-hybridized carbons (Fsp3) is 0.800. The van der Waals surface area contributed by atoms with Crippen LogP contribution in [0.3, 0.4) is 0 Å². The van der Waals surface area contributed by atoms with E-state index in [4.69, 9.17) is 9.73 Å². The van der Waals surface area contributed by atoms with Gasteiger partial charge in [-0.3, -0.25) is 9.89 Å². The molecule has 1 atom stereocenters. The third kappa shape index (κ3) is 5.92. The molecular formula is C15H30N4O. The number of hydrogen-bond donors (Lipinski definition) is 2. The van der Waals surface area contributed by atoms with Crippen LogP contribution in [-0.2, 0) is 4.74 Å². The van der Waals surface area contributed by atoms with Gasteiger partial charge in [-0.2, -0.15) is 0 Å². The Bertz CT molecular complexity index is 298. The molecule has 5 heteroatoms. The molecule has 0 amide bonds. The number of nitrogens with zero attached hydrogens (tertiary/aromatic N) is 2. The zero-order chi connectivity index (χ0) is 14.8. The van der Waals surface area contributed by atoms with Crippen molar-refractivity contribution in [2.45, 2.75) is 26.8 Å². The maximum atomic E-state index is 5.43. The van der Waals surface area contributed by atoms with E-state index in [9.17, 15) is 0 Å². The standard InChI is InChI=1S/C15H30N4O/c1-5-7-17-15(16-6-2)18-12-14(13(3)4)19-8-10-20-11-9-19/h5,13-14H,1,6-12H2,2-4H3,(H2,16,17,18). The Morgan fingerprint density at radius 3 is 2.60 bits per heavy atom. The average Bonchev–Trinajstić information content (AvgIpc) is 2.45. The second kappa shape index (κ2) is 9.77. The van der Waals surface area contributed by atoms with Crippen LogP contribution in [-0.4, -0.2) is 62.8 Å². The first-order valence-electron chi connectivity index (χ1n) is 7.63. The molecule has 0 radical (unpaired) electrons. The molecule has 1 aliphatic rings. The van der Waals surface area contributed by atoms with Gasteiger partial charge in [-0.15, -0.1) is 6.58 Å². The molecule has 1 unspecified atom stereocenters. The molecular weight excluding hydrogens is 252 g/mol. The molecule has 0 aromatic heterocycles. The molecule has 5 nitrogen and oxygen atoms in total. The summed E-state index contributed by atoms with van der Waals surface area (Å²) in [7, 11) is 0. The lowest BCUT2D eigenvalue weighted by Crippen LogP contribution is -2.48. The Morgan fingerprint density at radius 1 is 1.35 bits per heavy atom. The van der Waals surface area contributed by atoms with Crippen molar-refractivity contribution in [1.29, 1.82) is 0 Å². The molecule has 2 N–H and O–H groups in total. The lowest BCUT2D eigenvalue weighted by Gasteiger charge is -2.36. The number of hydrogen-bond acceptors (Lipinski definition) is 3. The van der Waals surface area contributed by atoms with Crippen molar-refractivity contribution in [2.75, 3.05) is 45.9 Å². The first-order chi connectivity index (χ1) is 9.69. The van der Waals surface area contributed by atoms with E-state index < -0.39 is 0 Å². The summed E-state index contributed by atoms with van der Waals surface area (Å²) in [6.07, 6.45) is 1.84. The fourth-order valence-corrected chi connectivity index (χ4v) is 2.35. The van der Waals surface area contributed by atoms with Crippen LogP contribution in [0.1, 0.15) is 20.8 Å². The maximum absolute atomic E-state index is 5.43. The molecule has 0 aromatic carbocycles. The highest BCUT2D eigenvalue weighted by atomic mass is 16.5. The predicted molar refractivity (Wildman–Crippen MR) is 85.2 cm³/mol. The van der Waals surface area contributed by atoms with E-state index >= 15 is 0 Å². The van der Waals surface area contributed by atoms with Crippen molar-refractivity contribution in [3.8, 4) is 0 Å². The number of guanidine groups is 1. The summed E-state index contributed by atoms with van der Waals surface area (Å²) in [5.74, 6) is 1.45. The zero-order valence-corrected chi connectivity index (χ0v) is 13.2. The Morgan fingerprint density at radius 2 is 2.05 bits per heavy atom. The van der Waals surface area contributed by atoms with E-state index in [0.29, 0.717) is 12.0 Å². The second-order valence-electron chi connectivity index (χ2n) is 5.35. The molecule has 0 saturated carbocycles. The smallest absolute Gasteiger partial charge is 0.191 e. The van der Waals surface area contributed by atoms with Crippen molar-refractivity contribution in [3.63, 3.8) is 0 Å². The maximum Gasteiger partial charge on any atom is 0.191 e. The van der Waals surface area contributed by atoms with Gasteiger partial charge in [0.05, 0.1) is 19.8 Å². The quantitative estimate of drug-likeness (QED) is 0.417. The van der Waals surface area contributed by atoms with Crippen molar-refractivity contribution >= 4 is 5.96 Å². The minimum Gasteiger partial charge on any atom is -0.379 e. The monoisotopic (exact) mass is 282 g/mol. The van der Waals surface area contributed by atoms with Gasteiger partial charge in [-0.25, -0.2) is 0 Å². The van der Waals surface area contributed by atoms with Crippen LogP contribution >= 0.6 is 0 Å². The molecule has 0 aliphatic carbocycles. The lowest BCUT2D eigenvalue weighted by molar-refractivity contribution is 0.00867. The summed E-state index contributed by atoms with van der Waals surface area (Å²) in [5, 5.41) is 6.51. The zero-order valence-electron chi connectivity index (χ0n) is 13.2. The molecule has 0 bridgehead atoms. The Kier molecular flexibility index (Phi) is 8.30. The third-order valence-electron chi connectivity index (χ3n) is 3.48. The Balaban J connectivity index is 2.59. The molecule has 1 aliphatic heterocycles. The fourth-order valence-electron chi connectivity index (χ4n) is 2.35. The van der Waals surface area contributed by atoms with Gasteiger partial charge in [0.2, 0.25) is 0 Å². The van der Waals surface area contributed by atoms with E-state index in [-0.39, 0.29) is 0 Å². The highest BCUT2D eigenvalue weighted by Gasteiger charge is 2.23. The topological polar surface area (TPSA) is 48.9 Å². The number of ether oxygens (including phenoxy) is 1. The molecule has 0 spiro atoms. The van der Waals surface area contributed by atoms with Crippen molar-refractivity contribution in [2.24, 2.45) is 10.9 Å². The highest BCUT2D eigenvalue weighted by Crippen LogP contribution is 2.13. The summed E-state index contributed by atoms with van der Waals surface area (Å²) in [6.45, 7) is 16.4. The molecule has 1 fully saturated rings. The SMILES string of the molecule is C=CCNC(=NCC(C(C)C)N1CCOCC1)NCC. The van der Waals surface area contributed by atoms with Gasteiger partial charge < -0.3 is 15.4 Å². The van der Waals surface area contributed by atoms with Crippen LogP contribution in [0, 0.1) is 5.92 Å². The van der Waals surface area contributed by atoms with Crippen molar-refractivity contribution < 1.29 is 4.74 Å². The van der Waals surface area contributed by atoms with E-state index in [1.807, 2.05) is 6.08 Å². The first kappa shape index (κ1) is 17.0. The predicted octanol–water partition coefficient (Wildman–Crippen LogP) is 1.08. The summed E-state index contributed by atoms with van der Waals surface area (Å²) < 4.78 is 5.43. The average molecular weight is 282 g/mol. The summed E-state index contributed by atoms with van der Waals surface area (Å²) in [6, 6.07) is 0.470. The molecule has 116 valence electrons. The van der Waals surface area contributed by atoms with Gasteiger partial charge in [-0.05, 0) is 12.8 Å². The van der Waals surface area contributed by atoms with Crippen LogP contribution < -0.4 is 10.6 Å². The highest BCUT2D eigenvalue weighted by molar-refractivity contribution is 5.79. The van der Waals surface area contributed by atoms with Gasteiger partial charge in [0.15, 0.2) is 5.96 Å². The molecule has 1 heterocycles. The Labute approximate surface area is 123 Å². The molecule has 1 rings (SSSR count).